The molecule has 1 saturated carbocycles. The number of hydrogen-bond acceptors (Lipinski definition) is 3. The standard InChI is InChI=1S/C18H26N2.C12H10.C7H13NO/c1-3-4-7-12-20-14-15(13-19(2)16-10-11-16)17-8-5-6-9-18(17)20;1-3-7-11(8-4-1)12-9-5-2-6-10-12;1-2-6-3-7(9)5-8-4-6/h5-6,8-9,14,16H,3-4,7,10-13H2,1-2H3;1-10H;2,6-9H,1,3-5H2. The van der Waals surface area contributed by atoms with Crippen LogP contribution in [0.1, 0.15) is 51.0 Å². The van der Waals surface area contributed by atoms with Gasteiger partial charge in [0.2, 0.25) is 0 Å². The summed E-state index contributed by atoms with van der Waals surface area (Å²) in [4.78, 5) is 2.51. The van der Waals surface area contributed by atoms with E-state index in [1.165, 1.54) is 59.7 Å². The van der Waals surface area contributed by atoms with E-state index >= 15 is 0 Å². The van der Waals surface area contributed by atoms with Gasteiger partial charge in [-0.05, 0) is 61.4 Å². The molecule has 1 saturated heterocycles. The highest BCUT2D eigenvalue weighted by molar-refractivity contribution is 5.84. The molecule has 4 aromatic rings. The Bertz CT molecular complexity index is 1260. The van der Waals surface area contributed by atoms with Crippen LogP contribution in [-0.2, 0) is 13.1 Å². The highest BCUT2D eigenvalue weighted by atomic mass is 16.3. The number of para-hydroxylation sites is 1. The van der Waals surface area contributed by atoms with Gasteiger partial charge in [-0.25, -0.2) is 0 Å². The summed E-state index contributed by atoms with van der Waals surface area (Å²) in [5.41, 5.74) is 5.45. The monoisotopic (exact) mass is 551 g/mol. The Morgan fingerprint density at radius 1 is 0.902 bits per heavy atom. The number of β-amino-alcohol motifs (C(OH)–C–C–N with tert-alkyl or cyclic N) is 1. The fourth-order valence-electron chi connectivity index (χ4n) is 5.47. The molecule has 4 nitrogen and oxygen atoms in total. The van der Waals surface area contributed by atoms with Crippen molar-refractivity contribution in [3.63, 3.8) is 0 Å². The molecular formula is C37H49N3O. The van der Waals surface area contributed by atoms with Crippen LogP contribution in [0.3, 0.4) is 0 Å². The van der Waals surface area contributed by atoms with Gasteiger partial charge in [-0.1, -0.05) is 105 Å². The van der Waals surface area contributed by atoms with Crippen LogP contribution in [0.5, 0.6) is 0 Å². The predicted molar refractivity (Wildman–Crippen MR) is 175 cm³/mol. The van der Waals surface area contributed by atoms with Crippen LogP contribution in [0.2, 0.25) is 0 Å². The summed E-state index contributed by atoms with van der Waals surface area (Å²) in [6.07, 6.45) is 11.7. The topological polar surface area (TPSA) is 40.4 Å². The van der Waals surface area contributed by atoms with Crippen molar-refractivity contribution >= 4 is 10.9 Å². The van der Waals surface area contributed by atoms with Crippen LogP contribution in [0.25, 0.3) is 22.0 Å². The summed E-state index contributed by atoms with van der Waals surface area (Å²) in [6, 6.07) is 30.5. The Morgan fingerprint density at radius 3 is 2.10 bits per heavy atom. The molecule has 218 valence electrons. The summed E-state index contributed by atoms with van der Waals surface area (Å²) in [7, 11) is 2.26. The Labute approximate surface area is 247 Å². The number of rotatable bonds is 9. The highest BCUT2D eigenvalue weighted by Crippen LogP contribution is 2.29. The van der Waals surface area contributed by atoms with Gasteiger partial charge in [0.05, 0.1) is 6.10 Å². The molecule has 41 heavy (non-hydrogen) atoms. The first-order chi connectivity index (χ1) is 20.1. The second-order valence-electron chi connectivity index (χ2n) is 11.5. The Hall–Kier alpha value is -3.18. The zero-order valence-corrected chi connectivity index (χ0v) is 25.1. The summed E-state index contributed by atoms with van der Waals surface area (Å²) in [5, 5.41) is 13.7. The van der Waals surface area contributed by atoms with Crippen molar-refractivity contribution in [2.75, 3.05) is 20.1 Å². The van der Waals surface area contributed by atoms with Crippen LogP contribution in [0.4, 0.5) is 0 Å². The van der Waals surface area contributed by atoms with Crippen molar-refractivity contribution < 1.29 is 5.11 Å². The van der Waals surface area contributed by atoms with E-state index in [4.69, 9.17) is 5.11 Å². The quantitative estimate of drug-likeness (QED) is 0.164. The fraction of sp³-hybridized carbons (Fsp3) is 0.405. The van der Waals surface area contributed by atoms with Gasteiger partial charge in [0, 0.05) is 49.3 Å². The van der Waals surface area contributed by atoms with Crippen LogP contribution >= 0.6 is 0 Å². The number of aliphatic hydroxyl groups excluding tert-OH is 1. The van der Waals surface area contributed by atoms with E-state index in [9.17, 15) is 0 Å². The number of aryl methyl sites for hydroxylation is 1. The number of nitrogens with zero attached hydrogens (tertiary/aromatic N) is 2. The van der Waals surface area contributed by atoms with E-state index in [-0.39, 0.29) is 6.10 Å². The van der Waals surface area contributed by atoms with Gasteiger partial charge in [0.25, 0.3) is 0 Å². The van der Waals surface area contributed by atoms with Gasteiger partial charge in [0.1, 0.15) is 0 Å². The van der Waals surface area contributed by atoms with Crippen LogP contribution in [0.15, 0.2) is 104 Å². The summed E-state index contributed by atoms with van der Waals surface area (Å²) in [5.74, 6) is 0.466. The van der Waals surface area contributed by atoms with Crippen molar-refractivity contribution in [3.8, 4) is 11.1 Å². The minimum Gasteiger partial charge on any atom is -0.392 e. The van der Waals surface area contributed by atoms with Gasteiger partial charge >= 0.3 is 0 Å². The van der Waals surface area contributed by atoms with Gasteiger partial charge < -0.3 is 15.0 Å². The first-order valence-corrected chi connectivity index (χ1v) is 15.5. The number of fused-ring (bicyclic) bond motifs is 1. The summed E-state index contributed by atoms with van der Waals surface area (Å²) in [6.45, 7) is 9.89. The van der Waals surface area contributed by atoms with Crippen LogP contribution < -0.4 is 5.32 Å². The van der Waals surface area contributed by atoms with E-state index in [2.05, 4.69) is 114 Å². The molecule has 0 bridgehead atoms. The lowest BCUT2D eigenvalue weighted by Gasteiger charge is -2.23. The molecule has 0 spiro atoms. The summed E-state index contributed by atoms with van der Waals surface area (Å²) >= 11 is 0. The Kier molecular flexibility index (Phi) is 12.2. The molecule has 0 amide bonds. The third-order valence-corrected chi connectivity index (χ3v) is 8.04. The Balaban J connectivity index is 0.000000156. The minimum absolute atomic E-state index is 0.165. The van der Waals surface area contributed by atoms with Crippen molar-refractivity contribution in [1.82, 2.24) is 14.8 Å². The maximum Gasteiger partial charge on any atom is 0.0670 e. The SMILES string of the molecule is C=CC1CNCC(O)C1.CCCCCn1cc(CN(C)C2CC2)c2ccccc21.c1ccc(-c2ccccc2)cc1. The van der Waals surface area contributed by atoms with Gasteiger partial charge in [-0.3, -0.25) is 4.90 Å². The van der Waals surface area contributed by atoms with Gasteiger partial charge in [-0.2, -0.15) is 0 Å². The van der Waals surface area contributed by atoms with Gasteiger partial charge in [-0.15, -0.1) is 6.58 Å². The molecule has 2 atom stereocenters. The van der Waals surface area contributed by atoms with E-state index < -0.39 is 0 Å². The second-order valence-corrected chi connectivity index (χ2v) is 11.5. The normalized spacial score (nSPS) is 18.2. The molecule has 2 fully saturated rings. The lowest BCUT2D eigenvalue weighted by atomic mass is 9.98. The molecule has 1 aromatic heterocycles. The number of unbranched alkanes of at least 4 members (excludes halogenated alkanes) is 2. The molecule has 2 aliphatic rings. The maximum atomic E-state index is 9.10. The number of piperidine rings is 1. The van der Waals surface area contributed by atoms with Gasteiger partial charge in [0.15, 0.2) is 0 Å². The molecule has 4 heteroatoms. The maximum absolute atomic E-state index is 9.10. The van der Waals surface area contributed by atoms with E-state index in [1.54, 1.807) is 0 Å². The highest BCUT2D eigenvalue weighted by Gasteiger charge is 2.26. The van der Waals surface area contributed by atoms with E-state index in [1.807, 2.05) is 18.2 Å². The number of aliphatic hydroxyl groups is 1. The number of nitrogens with one attached hydrogen (secondary N) is 1. The average Bonchev–Trinajstić information content (AvgIpc) is 3.83. The van der Waals surface area contributed by atoms with Crippen molar-refractivity contribution in [2.24, 2.45) is 5.92 Å². The number of aromatic nitrogens is 1. The van der Waals surface area contributed by atoms with Crippen molar-refractivity contribution in [3.05, 3.63) is 109 Å². The molecule has 2 N–H and O–H groups in total. The van der Waals surface area contributed by atoms with Crippen LogP contribution in [0, 0.1) is 5.92 Å². The zero-order chi connectivity index (χ0) is 28.9. The third-order valence-electron chi connectivity index (χ3n) is 8.04. The van der Waals surface area contributed by atoms with Crippen molar-refractivity contribution in [1.29, 1.82) is 0 Å². The van der Waals surface area contributed by atoms with E-state index in [0.717, 1.165) is 38.6 Å². The first kappa shape index (κ1) is 30.8. The third kappa shape index (κ3) is 9.71. The zero-order valence-electron chi connectivity index (χ0n) is 25.1. The van der Waals surface area contributed by atoms with Crippen molar-refractivity contribution in [2.45, 2.75) is 70.7 Å². The molecule has 0 radical (unpaired) electrons. The number of hydrogen-bond donors (Lipinski definition) is 2. The molecule has 2 unspecified atom stereocenters. The lowest BCUT2D eigenvalue weighted by Crippen LogP contribution is -2.38. The molecule has 2 heterocycles. The molecule has 1 aliphatic carbocycles. The Morgan fingerprint density at radius 2 is 1.54 bits per heavy atom. The molecule has 6 rings (SSSR count). The molecule has 3 aromatic carbocycles. The largest absolute Gasteiger partial charge is 0.392 e. The van der Waals surface area contributed by atoms with Crippen LogP contribution in [-0.4, -0.2) is 46.9 Å². The van der Waals surface area contributed by atoms with E-state index in [0.29, 0.717) is 5.92 Å². The fourth-order valence-corrected chi connectivity index (χ4v) is 5.47. The average molecular weight is 552 g/mol. The molecule has 1 aliphatic heterocycles. The number of benzene rings is 3. The first-order valence-electron chi connectivity index (χ1n) is 15.5. The minimum atomic E-state index is -0.165. The predicted octanol–water partition coefficient (Wildman–Crippen LogP) is 7.92. The summed E-state index contributed by atoms with van der Waals surface area (Å²) < 4.78 is 2.46. The second kappa shape index (κ2) is 16.3. The lowest BCUT2D eigenvalue weighted by molar-refractivity contribution is 0.126. The smallest absolute Gasteiger partial charge is 0.0670 e. The molecular weight excluding hydrogens is 502 g/mol.